The first-order chi connectivity index (χ1) is 25.2. The predicted molar refractivity (Wildman–Crippen MR) is 163 cm³/mol. The quantitative estimate of drug-likeness (QED) is 0.0847. The first-order valence-corrected chi connectivity index (χ1v) is 19.1. The van der Waals surface area contributed by atoms with Gasteiger partial charge in [-0.2, -0.15) is 52.3 Å². The van der Waals surface area contributed by atoms with Gasteiger partial charge in [-0.15, -0.1) is 0 Å². The summed E-state index contributed by atoms with van der Waals surface area (Å²) in [5.74, 6) is -1.05. The van der Waals surface area contributed by atoms with Crippen LogP contribution in [0.1, 0.15) is 87.4 Å². The summed E-state index contributed by atoms with van der Waals surface area (Å²) in [7, 11) is -7.27. The second-order valence-electron chi connectivity index (χ2n) is 16.4. The number of rotatable bonds is 14. The summed E-state index contributed by atoms with van der Waals surface area (Å²) < 4.78 is 190. The highest BCUT2D eigenvalue weighted by atomic mass is 32.2. The van der Waals surface area contributed by atoms with Crippen molar-refractivity contribution in [3.05, 3.63) is 23.8 Å². The van der Waals surface area contributed by atoms with Crippen molar-refractivity contribution in [3.63, 3.8) is 0 Å². The molecule has 8 saturated carbocycles. The van der Waals surface area contributed by atoms with Crippen LogP contribution in [0.5, 0.6) is 11.5 Å². The normalized spacial score (nSPS) is 33.1. The molecule has 8 fully saturated rings. The van der Waals surface area contributed by atoms with Crippen molar-refractivity contribution >= 4 is 22.1 Å². The van der Waals surface area contributed by atoms with E-state index in [-0.39, 0.29) is 5.75 Å². The van der Waals surface area contributed by atoms with E-state index >= 15 is 0 Å². The van der Waals surface area contributed by atoms with Crippen LogP contribution < -0.4 is 9.47 Å². The highest BCUT2D eigenvalue weighted by molar-refractivity contribution is 7.87. The van der Waals surface area contributed by atoms with Gasteiger partial charge in [0.25, 0.3) is 0 Å². The molecule has 0 saturated heterocycles. The van der Waals surface area contributed by atoms with Crippen LogP contribution in [-0.2, 0) is 29.1 Å². The Morgan fingerprint density at radius 3 is 1.62 bits per heavy atom. The topological polar surface area (TPSA) is 135 Å². The summed E-state index contributed by atoms with van der Waals surface area (Å²) in [6, 6.07) is 2.97. The van der Waals surface area contributed by atoms with Crippen molar-refractivity contribution in [2.45, 2.75) is 112 Å². The van der Waals surface area contributed by atoms with Crippen LogP contribution in [0, 0.1) is 40.9 Å². The van der Waals surface area contributed by atoms with E-state index in [4.69, 9.17) is 18.8 Å². The van der Waals surface area contributed by atoms with Gasteiger partial charge in [-0.25, -0.2) is 14.3 Å². The number of hydrogen-bond donors (Lipinski definition) is 1. The third-order valence-corrected chi connectivity index (χ3v) is 13.0. The lowest BCUT2D eigenvalue weighted by atomic mass is 9.49. The van der Waals surface area contributed by atoms with Crippen LogP contribution in [0.2, 0.25) is 0 Å². The van der Waals surface area contributed by atoms with E-state index in [9.17, 15) is 61.9 Å². The van der Waals surface area contributed by atoms with Gasteiger partial charge in [0.15, 0.2) is 6.61 Å². The molecule has 55 heavy (non-hydrogen) atoms. The average molecular weight is 827 g/mol. The van der Waals surface area contributed by atoms with Crippen LogP contribution in [0.25, 0.3) is 0 Å². The Kier molecular flexibility index (Phi) is 9.56. The molecule has 10 nitrogen and oxygen atoms in total. The highest BCUT2D eigenvalue weighted by Gasteiger charge is 2.75. The van der Waals surface area contributed by atoms with E-state index in [1.165, 1.54) is 0 Å². The molecule has 0 atom stereocenters. The number of halogens is 10. The highest BCUT2D eigenvalue weighted by Crippen LogP contribution is 2.61. The van der Waals surface area contributed by atoms with Crippen molar-refractivity contribution in [2.75, 3.05) is 6.61 Å². The molecule has 8 aliphatic carbocycles. The van der Waals surface area contributed by atoms with Gasteiger partial charge in [0.1, 0.15) is 22.7 Å². The minimum Gasteiger partial charge on any atom is -0.483 e. The first-order valence-electron chi connectivity index (χ1n) is 17.7. The monoisotopic (exact) mass is 826 g/mol. The summed E-state index contributed by atoms with van der Waals surface area (Å²) in [6.07, 6.45) is -17.6. The molecule has 0 unspecified atom stereocenters. The van der Waals surface area contributed by atoms with Gasteiger partial charge in [-0.05, 0) is 125 Å². The van der Waals surface area contributed by atoms with Crippen molar-refractivity contribution in [2.24, 2.45) is 40.9 Å². The molecule has 21 heteroatoms. The standard InChI is InChI=1S/C34H36F10O10S/c35-30(36,53-31(37,38)32(39,40)54-33(41,42)34(43,44)55(47,48)49)16-50-25-9-23(51-27(46)28-10-17-3-18(11-28)5-19(4-17)12-28)1-2-24(25)26(45)52-29-13-20-6-21(14-29)8-22(7-20)15-29/h1-2,9,17-22H,3-8,10-16H2,(H,47,48,49). The number of alkyl halides is 10. The van der Waals surface area contributed by atoms with Crippen LogP contribution in [0.4, 0.5) is 43.9 Å². The van der Waals surface area contributed by atoms with Gasteiger partial charge in [0.05, 0.1) is 5.41 Å². The van der Waals surface area contributed by atoms with Crippen LogP contribution in [-0.4, -0.2) is 66.8 Å². The van der Waals surface area contributed by atoms with E-state index in [0.717, 1.165) is 56.7 Å². The summed E-state index contributed by atoms with van der Waals surface area (Å²) in [5, 5.41) is -6.95. The Balaban J connectivity index is 1.10. The predicted octanol–water partition coefficient (Wildman–Crippen LogP) is 8.20. The number of carbonyl (C=O) groups excluding carboxylic acids is 2. The largest absolute Gasteiger partial charge is 0.483 e. The Morgan fingerprint density at radius 2 is 1.15 bits per heavy atom. The van der Waals surface area contributed by atoms with Crippen LogP contribution in [0.3, 0.4) is 0 Å². The third kappa shape index (κ3) is 7.50. The molecular formula is C34H36F10O10S. The van der Waals surface area contributed by atoms with Crippen molar-refractivity contribution in [1.82, 2.24) is 0 Å². The first kappa shape index (κ1) is 40.3. The molecular weight excluding hydrogens is 790 g/mol. The summed E-state index contributed by atoms with van der Waals surface area (Å²) in [4.78, 5) is 27.2. The summed E-state index contributed by atoms with van der Waals surface area (Å²) >= 11 is 0. The molecule has 1 N–H and O–H groups in total. The fourth-order valence-corrected chi connectivity index (χ4v) is 11.0. The summed E-state index contributed by atoms with van der Waals surface area (Å²) in [6.45, 7) is -2.46. The fourth-order valence-electron chi connectivity index (χ4n) is 10.7. The zero-order valence-electron chi connectivity index (χ0n) is 28.7. The number of ether oxygens (including phenoxy) is 5. The Morgan fingerprint density at radius 1 is 0.691 bits per heavy atom. The fraction of sp³-hybridized carbons (Fsp3) is 0.765. The molecule has 0 aliphatic heterocycles. The van der Waals surface area contributed by atoms with E-state index in [2.05, 4.69) is 4.74 Å². The van der Waals surface area contributed by atoms with Crippen molar-refractivity contribution in [1.29, 1.82) is 0 Å². The molecule has 8 bridgehead atoms. The van der Waals surface area contributed by atoms with Gasteiger partial charge >= 0.3 is 51.7 Å². The number of carbonyl (C=O) groups is 2. The zero-order chi connectivity index (χ0) is 40.2. The Labute approximate surface area is 307 Å². The maximum absolute atomic E-state index is 14.8. The maximum Gasteiger partial charge on any atom is 0.460 e. The van der Waals surface area contributed by atoms with Gasteiger partial charge in [0.2, 0.25) is 0 Å². The number of hydrogen-bond acceptors (Lipinski definition) is 9. The van der Waals surface area contributed by atoms with Crippen LogP contribution in [0.15, 0.2) is 18.2 Å². The molecule has 1 aromatic rings. The van der Waals surface area contributed by atoms with Gasteiger partial charge in [-0.1, -0.05) is 0 Å². The molecule has 0 aromatic heterocycles. The SMILES string of the molecule is O=C(OC12CC3CC(CC(C3)C1)C2)c1ccc(OC(=O)C23CC4CC(CC(C4)C2)C3)cc1OCC(F)(F)OC(F)(F)C(F)(F)OC(F)(F)C(F)(F)S(=O)(=O)O. The molecule has 9 rings (SSSR count). The summed E-state index contributed by atoms with van der Waals surface area (Å²) in [5.41, 5.74) is -2.26. The maximum atomic E-state index is 14.8. The van der Waals surface area contributed by atoms with Gasteiger partial charge < -0.3 is 14.2 Å². The smallest absolute Gasteiger partial charge is 0.460 e. The van der Waals surface area contributed by atoms with Crippen molar-refractivity contribution < 1.29 is 90.1 Å². The number of benzene rings is 1. The molecule has 0 radical (unpaired) electrons. The second-order valence-corrected chi connectivity index (χ2v) is 17.9. The third-order valence-electron chi connectivity index (χ3n) is 12.1. The van der Waals surface area contributed by atoms with Crippen molar-refractivity contribution in [3.8, 4) is 11.5 Å². The van der Waals surface area contributed by atoms with E-state index in [0.29, 0.717) is 74.0 Å². The van der Waals surface area contributed by atoms with Gasteiger partial charge in [-0.3, -0.25) is 9.35 Å². The lowest BCUT2D eigenvalue weighted by molar-refractivity contribution is -0.523. The van der Waals surface area contributed by atoms with E-state index in [1.807, 2.05) is 4.74 Å². The molecule has 0 heterocycles. The Bertz CT molecular complexity index is 1750. The van der Waals surface area contributed by atoms with Gasteiger partial charge in [0, 0.05) is 6.07 Å². The molecule has 8 aliphatic rings. The zero-order valence-corrected chi connectivity index (χ0v) is 29.5. The molecule has 308 valence electrons. The minimum atomic E-state index is -7.27. The Hall–Kier alpha value is -2.91. The van der Waals surface area contributed by atoms with E-state index < -0.39 is 80.7 Å². The second kappa shape index (κ2) is 13.1. The molecule has 1 aromatic carbocycles. The van der Waals surface area contributed by atoms with Crippen LogP contribution >= 0.6 is 0 Å². The van der Waals surface area contributed by atoms with E-state index in [1.54, 1.807) is 0 Å². The average Bonchev–Trinajstić information content (AvgIpc) is 3.00. The lowest BCUT2D eigenvalue weighted by Gasteiger charge is -2.55. The molecule has 0 amide bonds. The number of esters is 2. The molecule has 0 spiro atoms. The lowest BCUT2D eigenvalue weighted by Crippen LogP contribution is -2.58. The minimum absolute atomic E-state index is 0.292.